The molecule has 0 aliphatic heterocycles. The van der Waals surface area contributed by atoms with E-state index in [0.717, 1.165) is 51.7 Å². The van der Waals surface area contributed by atoms with Gasteiger partial charge in [0, 0.05) is 54.4 Å². The number of hydrogen-bond donors (Lipinski definition) is 1. The molecule has 4 aromatic rings. The standard InChI is InChI=1S/C30H36N6O4/c1-30(2,3)40-29(37)31-10-11-35-19-21(16-33-35)28-17-32-26-9-8-22(14-27(26)34-28)36(18-20-6-7-20)23-12-24(38-4)15-25(13-23)39-5/h8-9,12-17,19-20H,6-7,10-11,18H2,1-5H3,(H,31,37). The van der Waals surface area contributed by atoms with E-state index >= 15 is 0 Å². The fraction of sp³-hybridized carbons (Fsp3) is 0.400. The Hall–Kier alpha value is -4.34. The van der Waals surface area contributed by atoms with E-state index in [-0.39, 0.29) is 0 Å². The van der Waals surface area contributed by atoms with Crippen molar-refractivity contribution in [1.82, 2.24) is 25.1 Å². The summed E-state index contributed by atoms with van der Waals surface area (Å²) in [5.74, 6) is 2.15. The number of nitrogens with zero attached hydrogens (tertiary/aromatic N) is 5. The highest BCUT2D eigenvalue weighted by Crippen LogP contribution is 2.38. The predicted octanol–water partition coefficient (Wildman–Crippen LogP) is 5.58. The van der Waals surface area contributed by atoms with Crippen molar-refractivity contribution in [2.45, 2.75) is 45.8 Å². The Balaban J connectivity index is 1.36. The predicted molar refractivity (Wildman–Crippen MR) is 154 cm³/mol. The maximum atomic E-state index is 11.9. The van der Waals surface area contributed by atoms with E-state index in [9.17, 15) is 4.79 Å². The molecule has 2 aromatic carbocycles. The normalized spacial score (nSPS) is 13.2. The minimum absolute atomic E-state index is 0.397. The number of rotatable bonds is 10. The van der Waals surface area contributed by atoms with E-state index < -0.39 is 11.7 Å². The van der Waals surface area contributed by atoms with Gasteiger partial charge >= 0.3 is 6.09 Å². The molecule has 0 unspecified atom stereocenters. The van der Waals surface area contributed by atoms with E-state index in [2.05, 4.69) is 32.4 Å². The number of nitrogens with one attached hydrogen (secondary N) is 1. The molecule has 0 saturated heterocycles. The first-order valence-electron chi connectivity index (χ1n) is 13.5. The second kappa shape index (κ2) is 11.4. The number of alkyl carbamates (subject to hydrolysis) is 1. The molecule has 5 rings (SSSR count). The van der Waals surface area contributed by atoms with Crippen LogP contribution in [0.3, 0.4) is 0 Å². The van der Waals surface area contributed by atoms with Gasteiger partial charge in [0.15, 0.2) is 0 Å². The Morgan fingerprint density at radius 3 is 2.45 bits per heavy atom. The van der Waals surface area contributed by atoms with E-state index in [0.29, 0.717) is 19.0 Å². The highest BCUT2D eigenvalue weighted by atomic mass is 16.6. The van der Waals surface area contributed by atoms with Gasteiger partial charge in [-0.25, -0.2) is 9.78 Å². The van der Waals surface area contributed by atoms with E-state index in [1.54, 1.807) is 31.3 Å². The van der Waals surface area contributed by atoms with Crippen molar-refractivity contribution in [3.05, 3.63) is 55.0 Å². The fourth-order valence-corrected chi connectivity index (χ4v) is 4.38. The lowest BCUT2D eigenvalue weighted by atomic mass is 10.1. The van der Waals surface area contributed by atoms with Crippen LogP contribution >= 0.6 is 0 Å². The first-order valence-corrected chi connectivity index (χ1v) is 13.5. The monoisotopic (exact) mass is 544 g/mol. The van der Waals surface area contributed by atoms with Crippen LogP contribution in [-0.2, 0) is 11.3 Å². The molecule has 2 heterocycles. The third kappa shape index (κ3) is 6.80. The number of amides is 1. The zero-order valence-corrected chi connectivity index (χ0v) is 23.7. The molecular weight excluding hydrogens is 508 g/mol. The van der Waals surface area contributed by atoms with Crippen molar-refractivity contribution >= 4 is 28.5 Å². The van der Waals surface area contributed by atoms with Crippen molar-refractivity contribution in [2.75, 3.05) is 32.2 Å². The van der Waals surface area contributed by atoms with Gasteiger partial charge in [0.25, 0.3) is 0 Å². The number of hydrogen-bond acceptors (Lipinski definition) is 8. The van der Waals surface area contributed by atoms with Crippen molar-refractivity contribution in [3.63, 3.8) is 0 Å². The molecule has 1 aliphatic carbocycles. The van der Waals surface area contributed by atoms with Crippen LogP contribution in [0.2, 0.25) is 0 Å². The van der Waals surface area contributed by atoms with Crippen LogP contribution < -0.4 is 19.7 Å². The number of methoxy groups -OCH3 is 2. The van der Waals surface area contributed by atoms with Gasteiger partial charge < -0.3 is 24.4 Å². The fourth-order valence-electron chi connectivity index (χ4n) is 4.38. The molecule has 1 amide bonds. The molecular formula is C30H36N6O4. The number of fused-ring (bicyclic) bond motifs is 1. The maximum absolute atomic E-state index is 11.9. The molecule has 0 bridgehead atoms. The van der Waals surface area contributed by atoms with Gasteiger partial charge in [0.05, 0.1) is 49.9 Å². The number of ether oxygens (including phenoxy) is 3. The maximum Gasteiger partial charge on any atom is 0.407 e. The highest BCUT2D eigenvalue weighted by Gasteiger charge is 2.26. The van der Waals surface area contributed by atoms with E-state index in [1.807, 2.05) is 51.2 Å². The summed E-state index contributed by atoms with van der Waals surface area (Å²) >= 11 is 0. The number of carbonyl (C=O) groups excluding carboxylic acids is 1. The van der Waals surface area contributed by atoms with Crippen LogP contribution in [0.4, 0.5) is 16.2 Å². The summed E-state index contributed by atoms with van der Waals surface area (Å²) < 4.78 is 18.1. The highest BCUT2D eigenvalue weighted by molar-refractivity contribution is 5.82. The van der Waals surface area contributed by atoms with Crippen molar-refractivity contribution < 1.29 is 19.0 Å². The van der Waals surface area contributed by atoms with Crippen molar-refractivity contribution in [3.8, 4) is 22.8 Å². The molecule has 1 fully saturated rings. The summed E-state index contributed by atoms with van der Waals surface area (Å²) in [6.45, 7) is 7.31. The minimum atomic E-state index is -0.534. The third-order valence-electron chi connectivity index (χ3n) is 6.56. The van der Waals surface area contributed by atoms with Crippen molar-refractivity contribution in [2.24, 2.45) is 5.92 Å². The lowest BCUT2D eigenvalue weighted by Crippen LogP contribution is -2.34. The molecule has 0 spiro atoms. The van der Waals surface area contributed by atoms with Crippen LogP contribution in [0, 0.1) is 5.92 Å². The first kappa shape index (κ1) is 27.2. The van der Waals surface area contributed by atoms with Gasteiger partial charge in [-0.2, -0.15) is 5.10 Å². The molecule has 210 valence electrons. The Morgan fingerprint density at radius 2 is 1.77 bits per heavy atom. The third-order valence-corrected chi connectivity index (χ3v) is 6.56. The summed E-state index contributed by atoms with van der Waals surface area (Å²) in [6.07, 6.45) is 7.43. The Labute approximate surface area is 234 Å². The smallest absolute Gasteiger partial charge is 0.407 e. The molecule has 40 heavy (non-hydrogen) atoms. The van der Waals surface area contributed by atoms with Crippen LogP contribution in [0.1, 0.15) is 33.6 Å². The molecule has 1 saturated carbocycles. The Bertz CT molecular complexity index is 1470. The molecule has 0 atom stereocenters. The van der Waals surface area contributed by atoms with E-state index in [4.69, 9.17) is 19.2 Å². The topological polar surface area (TPSA) is 104 Å². The first-order chi connectivity index (χ1) is 19.2. The summed E-state index contributed by atoms with van der Waals surface area (Å²) in [4.78, 5) is 23.8. The molecule has 2 aromatic heterocycles. The quantitative estimate of drug-likeness (QED) is 0.276. The second-order valence-electron chi connectivity index (χ2n) is 11.0. The molecule has 1 N–H and O–H groups in total. The SMILES string of the molecule is COc1cc(OC)cc(N(CC2CC2)c2ccc3ncc(-c4cnn(CCNC(=O)OC(C)(C)C)c4)nc3c2)c1. The molecule has 10 nitrogen and oxygen atoms in total. The van der Waals surface area contributed by atoms with Crippen LogP contribution in [0.25, 0.3) is 22.3 Å². The Morgan fingerprint density at radius 1 is 1.02 bits per heavy atom. The summed E-state index contributed by atoms with van der Waals surface area (Å²) in [7, 11) is 3.33. The summed E-state index contributed by atoms with van der Waals surface area (Å²) in [5.41, 5.74) is 4.70. The molecule has 1 aliphatic rings. The summed E-state index contributed by atoms with van der Waals surface area (Å²) in [5, 5.41) is 7.18. The average Bonchev–Trinajstić information content (AvgIpc) is 3.64. The Kier molecular flexibility index (Phi) is 7.77. The minimum Gasteiger partial charge on any atom is -0.497 e. The molecule has 0 radical (unpaired) electrons. The van der Waals surface area contributed by atoms with Crippen LogP contribution in [-0.4, -0.2) is 58.8 Å². The van der Waals surface area contributed by atoms with Crippen LogP contribution in [0.15, 0.2) is 55.0 Å². The lowest BCUT2D eigenvalue weighted by Gasteiger charge is -2.26. The van der Waals surface area contributed by atoms with E-state index in [1.165, 1.54) is 12.8 Å². The largest absolute Gasteiger partial charge is 0.497 e. The lowest BCUT2D eigenvalue weighted by molar-refractivity contribution is 0.0525. The van der Waals surface area contributed by atoms with Gasteiger partial charge in [-0.1, -0.05) is 0 Å². The van der Waals surface area contributed by atoms with Crippen molar-refractivity contribution in [1.29, 1.82) is 0 Å². The molecule has 10 heteroatoms. The average molecular weight is 545 g/mol. The zero-order valence-electron chi connectivity index (χ0n) is 23.7. The zero-order chi connectivity index (χ0) is 28.3. The van der Waals surface area contributed by atoms with Gasteiger partial charge in [-0.05, 0) is 57.7 Å². The van der Waals surface area contributed by atoms with Gasteiger partial charge in [-0.3, -0.25) is 9.67 Å². The number of benzene rings is 2. The van der Waals surface area contributed by atoms with Gasteiger partial charge in [0.2, 0.25) is 0 Å². The number of anilines is 2. The summed E-state index contributed by atoms with van der Waals surface area (Å²) in [6, 6.07) is 12.1. The van der Waals surface area contributed by atoms with Crippen LogP contribution in [0.5, 0.6) is 11.5 Å². The number of carbonyl (C=O) groups is 1. The van der Waals surface area contributed by atoms with Gasteiger partial charge in [0.1, 0.15) is 17.1 Å². The second-order valence-corrected chi connectivity index (χ2v) is 11.0. The van der Waals surface area contributed by atoms with Gasteiger partial charge in [-0.15, -0.1) is 0 Å². The number of aromatic nitrogens is 4.